The Kier molecular flexibility index (Phi) is 5.78. The van der Waals surface area contributed by atoms with E-state index in [2.05, 4.69) is 10.3 Å². The SMILES string of the molecule is Cc1c(Nc2ccc(C#N)cc2F)ccnc1OC1C2COCC1CN(C(=O)OC1(C)CC1)C2. The number of carbonyl (C=O) groups excluding carboxylic acids is 1. The maximum Gasteiger partial charge on any atom is 0.410 e. The third-order valence-electron chi connectivity index (χ3n) is 6.82. The monoisotopic (exact) mass is 466 g/mol. The highest BCUT2D eigenvalue weighted by Crippen LogP contribution is 2.40. The van der Waals surface area contributed by atoms with E-state index in [0.717, 1.165) is 18.4 Å². The molecule has 5 rings (SSSR count). The number of hydrogen-bond donors (Lipinski definition) is 1. The minimum atomic E-state index is -0.510. The molecule has 2 bridgehead atoms. The second-order valence-corrected chi connectivity index (χ2v) is 9.58. The molecule has 2 aliphatic heterocycles. The highest BCUT2D eigenvalue weighted by atomic mass is 19.1. The predicted molar refractivity (Wildman–Crippen MR) is 121 cm³/mol. The van der Waals surface area contributed by atoms with E-state index in [1.807, 2.05) is 19.9 Å². The number of aromatic nitrogens is 1. The Balaban J connectivity index is 1.30. The standard InChI is InChI=1S/C25H27FN4O4/c1-15-20(29-21-4-3-16(10-27)9-19(21)26)5-8-28-23(15)33-22-17-11-30(12-18(22)14-32-13-17)24(31)34-25(2)6-7-25/h3-5,8-9,17-18,22H,6-7,11-14H2,1-2H3,(H,28,29). The molecular weight excluding hydrogens is 439 g/mol. The van der Waals surface area contributed by atoms with Crippen molar-refractivity contribution in [2.24, 2.45) is 11.8 Å². The number of anilines is 2. The molecular formula is C25H27FN4O4. The molecule has 1 N–H and O–H groups in total. The molecule has 0 radical (unpaired) electrons. The van der Waals surface area contributed by atoms with E-state index in [1.165, 1.54) is 12.1 Å². The molecule has 0 spiro atoms. The summed E-state index contributed by atoms with van der Waals surface area (Å²) < 4.78 is 32.2. The van der Waals surface area contributed by atoms with Gasteiger partial charge in [-0.3, -0.25) is 0 Å². The number of carbonyl (C=O) groups is 1. The first-order valence-electron chi connectivity index (χ1n) is 11.5. The van der Waals surface area contributed by atoms with Crippen LogP contribution in [0.15, 0.2) is 30.5 Å². The Hall–Kier alpha value is -3.38. The third-order valence-corrected chi connectivity index (χ3v) is 6.82. The molecule has 2 unspecified atom stereocenters. The lowest BCUT2D eigenvalue weighted by Crippen LogP contribution is -2.59. The van der Waals surface area contributed by atoms with Gasteiger partial charge in [0.1, 0.15) is 17.5 Å². The number of benzene rings is 1. The van der Waals surface area contributed by atoms with Crippen LogP contribution in [-0.2, 0) is 9.47 Å². The van der Waals surface area contributed by atoms with E-state index in [4.69, 9.17) is 19.5 Å². The summed E-state index contributed by atoms with van der Waals surface area (Å²) in [5.74, 6) is -0.0483. The van der Waals surface area contributed by atoms with E-state index in [-0.39, 0.29) is 40.9 Å². The minimum absolute atomic E-state index is 0.000782. The van der Waals surface area contributed by atoms with E-state index in [1.54, 1.807) is 23.2 Å². The first-order valence-corrected chi connectivity index (χ1v) is 11.5. The number of nitrogens with one attached hydrogen (secondary N) is 1. The van der Waals surface area contributed by atoms with Gasteiger partial charge in [0.2, 0.25) is 5.88 Å². The van der Waals surface area contributed by atoms with Gasteiger partial charge in [-0.25, -0.2) is 14.2 Å². The molecule has 2 saturated heterocycles. The Bertz CT molecular complexity index is 1130. The summed E-state index contributed by atoms with van der Waals surface area (Å²) in [4.78, 5) is 18.8. The van der Waals surface area contributed by atoms with Crippen molar-refractivity contribution < 1.29 is 23.4 Å². The van der Waals surface area contributed by atoms with Crippen LogP contribution in [0, 0.1) is 35.9 Å². The summed E-state index contributed by atoms with van der Waals surface area (Å²) >= 11 is 0. The molecule has 9 heteroatoms. The maximum absolute atomic E-state index is 14.4. The third kappa shape index (κ3) is 4.50. The molecule has 3 heterocycles. The molecule has 1 saturated carbocycles. The van der Waals surface area contributed by atoms with Gasteiger partial charge in [0.25, 0.3) is 0 Å². The fourth-order valence-electron chi connectivity index (χ4n) is 4.52. The molecule has 1 aliphatic carbocycles. The van der Waals surface area contributed by atoms with Crippen LogP contribution in [-0.4, -0.2) is 54.0 Å². The zero-order chi connectivity index (χ0) is 23.9. The average molecular weight is 467 g/mol. The van der Waals surface area contributed by atoms with Crippen molar-refractivity contribution in [1.29, 1.82) is 5.26 Å². The lowest BCUT2D eigenvalue weighted by Gasteiger charge is -2.46. The summed E-state index contributed by atoms with van der Waals surface area (Å²) in [6.45, 7) is 5.82. The van der Waals surface area contributed by atoms with Crippen LogP contribution in [0.4, 0.5) is 20.6 Å². The molecule has 178 valence electrons. The van der Waals surface area contributed by atoms with Gasteiger partial charge in [0.15, 0.2) is 0 Å². The second-order valence-electron chi connectivity index (χ2n) is 9.58. The highest BCUT2D eigenvalue weighted by molar-refractivity contribution is 5.69. The van der Waals surface area contributed by atoms with Gasteiger partial charge in [-0.1, -0.05) is 0 Å². The number of amides is 1. The number of fused-ring (bicyclic) bond motifs is 2. The molecule has 34 heavy (non-hydrogen) atoms. The van der Waals surface area contributed by atoms with E-state index in [0.29, 0.717) is 37.9 Å². The van der Waals surface area contributed by atoms with Crippen molar-refractivity contribution in [1.82, 2.24) is 9.88 Å². The number of pyridine rings is 1. The lowest BCUT2D eigenvalue weighted by molar-refractivity contribution is -0.111. The van der Waals surface area contributed by atoms with Gasteiger partial charge >= 0.3 is 6.09 Å². The molecule has 3 aliphatic rings. The number of halogens is 1. The molecule has 3 fully saturated rings. The smallest absolute Gasteiger partial charge is 0.410 e. The molecule has 1 amide bonds. The number of hydrogen-bond acceptors (Lipinski definition) is 7. The Morgan fingerprint density at radius 1 is 1.26 bits per heavy atom. The van der Waals surface area contributed by atoms with Gasteiger partial charge in [-0.15, -0.1) is 0 Å². The van der Waals surface area contributed by atoms with Crippen LogP contribution in [0.25, 0.3) is 0 Å². The molecule has 8 nitrogen and oxygen atoms in total. The quantitative estimate of drug-likeness (QED) is 0.707. The molecule has 2 aromatic rings. The van der Waals surface area contributed by atoms with Gasteiger partial charge in [0.05, 0.1) is 30.5 Å². The topological polar surface area (TPSA) is 96.7 Å². The van der Waals surface area contributed by atoms with E-state index in [9.17, 15) is 9.18 Å². The summed E-state index contributed by atoms with van der Waals surface area (Å²) in [6.07, 6.45) is 3.02. The van der Waals surface area contributed by atoms with Crippen LogP contribution in [0.5, 0.6) is 5.88 Å². The fourth-order valence-corrected chi connectivity index (χ4v) is 4.52. The van der Waals surface area contributed by atoms with Crippen LogP contribution in [0.3, 0.4) is 0 Å². The number of nitriles is 1. The van der Waals surface area contributed by atoms with Crippen molar-refractivity contribution in [2.45, 2.75) is 38.4 Å². The van der Waals surface area contributed by atoms with Gasteiger partial charge in [-0.05, 0) is 51.0 Å². The lowest BCUT2D eigenvalue weighted by atomic mass is 9.84. The van der Waals surface area contributed by atoms with Crippen LogP contribution in [0.1, 0.15) is 30.9 Å². The fraction of sp³-hybridized carbons (Fsp3) is 0.480. The number of nitrogens with zero attached hydrogens (tertiary/aromatic N) is 3. The largest absolute Gasteiger partial charge is 0.473 e. The van der Waals surface area contributed by atoms with Crippen molar-refractivity contribution in [2.75, 3.05) is 31.6 Å². The van der Waals surface area contributed by atoms with Crippen molar-refractivity contribution >= 4 is 17.5 Å². The van der Waals surface area contributed by atoms with Gasteiger partial charge in [-0.2, -0.15) is 5.26 Å². The summed E-state index contributed by atoms with van der Waals surface area (Å²) in [6, 6.07) is 7.97. The first-order chi connectivity index (χ1) is 16.3. The highest BCUT2D eigenvalue weighted by Gasteiger charge is 2.47. The number of rotatable bonds is 5. The predicted octanol–water partition coefficient (Wildman–Crippen LogP) is 4.16. The van der Waals surface area contributed by atoms with Crippen molar-refractivity contribution in [3.63, 3.8) is 0 Å². The van der Waals surface area contributed by atoms with Crippen molar-refractivity contribution in [3.05, 3.63) is 47.4 Å². The summed E-state index contributed by atoms with van der Waals surface area (Å²) in [5.41, 5.74) is 1.62. The van der Waals surface area contributed by atoms with Crippen LogP contribution >= 0.6 is 0 Å². The second kappa shape index (κ2) is 8.76. The van der Waals surface area contributed by atoms with Crippen LogP contribution < -0.4 is 10.1 Å². The van der Waals surface area contributed by atoms with E-state index < -0.39 is 5.82 Å². The normalized spacial score (nSPS) is 24.6. The molecule has 1 aromatic heterocycles. The Morgan fingerprint density at radius 2 is 2.00 bits per heavy atom. The van der Waals surface area contributed by atoms with Gasteiger partial charge < -0.3 is 24.4 Å². The zero-order valence-corrected chi connectivity index (χ0v) is 19.2. The number of likely N-dealkylation sites (tertiary alicyclic amines) is 1. The average Bonchev–Trinajstić information content (AvgIpc) is 3.53. The van der Waals surface area contributed by atoms with Crippen molar-refractivity contribution in [3.8, 4) is 11.9 Å². The summed E-state index contributed by atoms with van der Waals surface area (Å²) in [5, 5.41) is 12.0. The zero-order valence-electron chi connectivity index (χ0n) is 19.2. The van der Waals surface area contributed by atoms with Crippen LogP contribution in [0.2, 0.25) is 0 Å². The molecule has 2 atom stereocenters. The Labute approximate surface area is 197 Å². The number of ether oxygens (including phenoxy) is 3. The Morgan fingerprint density at radius 3 is 2.65 bits per heavy atom. The minimum Gasteiger partial charge on any atom is -0.473 e. The van der Waals surface area contributed by atoms with E-state index >= 15 is 0 Å². The van der Waals surface area contributed by atoms with Gasteiger partial charge in [0, 0.05) is 42.4 Å². The maximum atomic E-state index is 14.4. The molecule has 1 aromatic carbocycles. The summed E-state index contributed by atoms with van der Waals surface area (Å²) in [7, 11) is 0. The number of piperidine rings is 1. The first kappa shape index (κ1) is 22.4.